The Bertz CT molecular complexity index is 1400. The lowest BCUT2D eigenvalue weighted by Gasteiger charge is -2.14. The molecule has 0 aliphatic carbocycles. The Morgan fingerprint density at radius 3 is 2.24 bits per heavy atom. The molecule has 0 radical (unpaired) electrons. The molecule has 0 aliphatic rings. The number of rotatable bonds is 14. The molecule has 0 heterocycles. The highest BCUT2D eigenvalue weighted by Crippen LogP contribution is 2.29. The van der Waals surface area contributed by atoms with E-state index in [0.29, 0.717) is 12.4 Å². The predicted molar refractivity (Wildman–Crippen MR) is 157 cm³/mol. The van der Waals surface area contributed by atoms with Crippen LogP contribution in [0.3, 0.4) is 0 Å². The number of hydrogen-bond acceptors (Lipinski definition) is 7. The Morgan fingerprint density at radius 2 is 1.51 bits per heavy atom. The summed E-state index contributed by atoms with van der Waals surface area (Å²) < 4.78 is 22.2. The van der Waals surface area contributed by atoms with Crippen molar-refractivity contribution in [1.29, 1.82) is 0 Å². The van der Waals surface area contributed by atoms with Crippen LogP contribution in [0.1, 0.15) is 66.3 Å². The van der Waals surface area contributed by atoms with Gasteiger partial charge in [0.2, 0.25) is 0 Å². The summed E-state index contributed by atoms with van der Waals surface area (Å²) in [6.45, 7) is 6.84. The second-order valence-electron chi connectivity index (χ2n) is 9.68. The van der Waals surface area contributed by atoms with Gasteiger partial charge < -0.3 is 18.9 Å². The molecule has 214 valence electrons. The summed E-state index contributed by atoms with van der Waals surface area (Å²) in [5.74, 6) is -1.07. The zero-order valence-corrected chi connectivity index (χ0v) is 24.0. The molecular weight excluding hydrogens is 520 g/mol. The third kappa shape index (κ3) is 10.1. The maximum atomic E-state index is 13.3. The van der Waals surface area contributed by atoms with Crippen molar-refractivity contribution < 1.29 is 33.3 Å². The minimum absolute atomic E-state index is 0.0365. The number of benzene rings is 3. The van der Waals surface area contributed by atoms with Gasteiger partial charge in [0.1, 0.15) is 42.4 Å². The number of para-hydroxylation sites is 1. The number of carbonyl (C=O) groups excluding carboxylic acids is 3. The number of ketones is 1. The molecule has 0 aromatic heterocycles. The van der Waals surface area contributed by atoms with E-state index in [-0.39, 0.29) is 29.2 Å². The van der Waals surface area contributed by atoms with Crippen LogP contribution >= 0.6 is 0 Å². The van der Waals surface area contributed by atoms with E-state index >= 15 is 0 Å². The zero-order chi connectivity index (χ0) is 29.6. The standard InChI is InChI=1S/C34H36O7/c1-24(2)11-10-12-25(3)19-20-39-27-17-18-29(32(21-27)40-23-26-13-6-5-7-14-26)34(37)41-31-16-9-8-15-28(31)30(35)22-33(36)38-4/h5-9,11,13-19,21H,10,12,20,22-23H2,1-4H3. The van der Waals surface area contributed by atoms with E-state index in [2.05, 4.69) is 31.6 Å². The molecule has 0 unspecified atom stereocenters. The van der Waals surface area contributed by atoms with Crippen molar-refractivity contribution in [3.8, 4) is 17.2 Å². The highest BCUT2D eigenvalue weighted by Gasteiger charge is 2.21. The number of allylic oxidation sites excluding steroid dienone is 3. The first-order valence-corrected chi connectivity index (χ1v) is 13.4. The molecule has 7 nitrogen and oxygen atoms in total. The minimum Gasteiger partial charge on any atom is -0.489 e. The van der Waals surface area contributed by atoms with Crippen LogP contribution in [-0.2, 0) is 16.1 Å². The summed E-state index contributed by atoms with van der Waals surface area (Å²) in [4.78, 5) is 37.5. The topological polar surface area (TPSA) is 88.1 Å². The van der Waals surface area contributed by atoms with Crippen molar-refractivity contribution >= 4 is 17.7 Å². The quantitative estimate of drug-likeness (QED) is 0.0677. The number of ether oxygens (including phenoxy) is 4. The van der Waals surface area contributed by atoms with Gasteiger partial charge in [-0.05, 0) is 69.5 Å². The molecule has 0 aliphatic heterocycles. The zero-order valence-electron chi connectivity index (χ0n) is 24.0. The first kappa shape index (κ1) is 30.9. The van der Waals surface area contributed by atoms with Crippen LogP contribution in [-0.4, -0.2) is 31.4 Å². The van der Waals surface area contributed by atoms with Gasteiger partial charge in [-0.2, -0.15) is 0 Å². The maximum Gasteiger partial charge on any atom is 0.347 e. The van der Waals surface area contributed by atoms with Crippen molar-refractivity contribution in [2.24, 2.45) is 0 Å². The largest absolute Gasteiger partial charge is 0.489 e. The summed E-state index contributed by atoms with van der Waals surface area (Å²) in [5.41, 5.74) is 3.71. The lowest BCUT2D eigenvalue weighted by Crippen LogP contribution is -2.15. The fraction of sp³-hybridized carbons (Fsp3) is 0.265. The van der Waals surface area contributed by atoms with Crippen LogP contribution in [0.25, 0.3) is 0 Å². The highest BCUT2D eigenvalue weighted by atomic mass is 16.5. The van der Waals surface area contributed by atoms with E-state index in [4.69, 9.17) is 14.2 Å². The van der Waals surface area contributed by atoms with Crippen LogP contribution < -0.4 is 14.2 Å². The minimum atomic E-state index is -0.715. The summed E-state index contributed by atoms with van der Waals surface area (Å²) in [6, 6.07) is 20.7. The van der Waals surface area contributed by atoms with Crippen molar-refractivity contribution in [3.05, 3.63) is 113 Å². The SMILES string of the molecule is COC(=O)CC(=O)c1ccccc1OC(=O)c1ccc(OCC=C(C)CCC=C(C)C)cc1OCc1ccccc1. The molecule has 41 heavy (non-hydrogen) atoms. The molecule has 0 spiro atoms. The van der Waals surface area contributed by atoms with Gasteiger partial charge in [0.15, 0.2) is 5.78 Å². The molecule has 0 saturated heterocycles. The summed E-state index contributed by atoms with van der Waals surface area (Å²) in [7, 11) is 1.20. The Morgan fingerprint density at radius 1 is 0.780 bits per heavy atom. The molecule has 3 rings (SSSR count). The van der Waals surface area contributed by atoms with Crippen molar-refractivity contribution in [2.45, 2.75) is 46.6 Å². The number of carbonyl (C=O) groups is 3. The third-order valence-corrected chi connectivity index (χ3v) is 6.11. The van der Waals surface area contributed by atoms with Gasteiger partial charge in [0, 0.05) is 6.07 Å². The number of hydrogen-bond donors (Lipinski definition) is 0. The molecule has 0 fully saturated rings. The number of methoxy groups -OCH3 is 1. The highest BCUT2D eigenvalue weighted by molar-refractivity contribution is 6.08. The van der Waals surface area contributed by atoms with Gasteiger partial charge in [-0.25, -0.2) is 4.79 Å². The van der Waals surface area contributed by atoms with Gasteiger partial charge in [-0.1, -0.05) is 59.7 Å². The summed E-state index contributed by atoms with van der Waals surface area (Å²) in [5, 5.41) is 0. The average molecular weight is 557 g/mol. The van der Waals surface area contributed by atoms with Crippen LogP contribution in [0, 0.1) is 0 Å². The van der Waals surface area contributed by atoms with Crippen LogP contribution in [0.5, 0.6) is 17.2 Å². The molecule has 0 N–H and O–H groups in total. The van der Waals surface area contributed by atoms with E-state index in [9.17, 15) is 14.4 Å². The van der Waals surface area contributed by atoms with Gasteiger partial charge in [0.25, 0.3) is 0 Å². The van der Waals surface area contributed by atoms with E-state index in [0.717, 1.165) is 18.4 Å². The summed E-state index contributed by atoms with van der Waals surface area (Å²) in [6.07, 6.45) is 5.71. The fourth-order valence-corrected chi connectivity index (χ4v) is 3.83. The Labute approximate surface area is 241 Å². The average Bonchev–Trinajstić information content (AvgIpc) is 2.96. The van der Waals surface area contributed by atoms with Gasteiger partial charge in [0.05, 0.1) is 12.7 Å². The molecule has 0 saturated carbocycles. The van der Waals surface area contributed by atoms with Crippen LogP contribution in [0.4, 0.5) is 0 Å². The van der Waals surface area contributed by atoms with E-state index in [1.807, 2.05) is 36.4 Å². The molecule has 0 bridgehead atoms. The van der Waals surface area contributed by atoms with E-state index in [1.54, 1.807) is 30.3 Å². The van der Waals surface area contributed by atoms with Crippen LogP contribution in [0.2, 0.25) is 0 Å². The monoisotopic (exact) mass is 556 g/mol. The third-order valence-electron chi connectivity index (χ3n) is 6.11. The fourth-order valence-electron chi connectivity index (χ4n) is 3.83. The lowest BCUT2D eigenvalue weighted by atomic mass is 10.1. The second-order valence-corrected chi connectivity index (χ2v) is 9.68. The van der Waals surface area contributed by atoms with Gasteiger partial charge in [-0.15, -0.1) is 0 Å². The predicted octanol–water partition coefficient (Wildman–Crippen LogP) is 7.30. The Hall–Kier alpha value is -4.65. The molecule has 3 aromatic rings. The van der Waals surface area contributed by atoms with Crippen molar-refractivity contribution in [1.82, 2.24) is 0 Å². The van der Waals surface area contributed by atoms with Crippen LogP contribution in [0.15, 0.2) is 96.1 Å². The van der Waals surface area contributed by atoms with E-state index in [1.165, 1.54) is 30.4 Å². The lowest BCUT2D eigenvalue weighted by molar-refractivity contribution is -0.139. The first-order chi connectivity index (χ1) is 19.8. The first-order valence-electron chi connectivity index (χ1n) is 13.4. The van der Waals surface area contributed by atoms with E-state index < -0.39 is 24.1 Å². The molecule has 0 amide bonds. The van der Waals surface area contributed by atoms with Gasteiger partial charge >= 0.3 is 11.9 Å². The molecular formula is C34H36O7. The second kappa shape index (κ2) is 15.8. The normalized spacial score (nSPS) is 10.9. The molecule has 7 heteroatoms. The summed E-state index contributed by atoms with van der Waals surface area (Å²) >= 11 is 0. The Balaban J connectivity index is 1.79. The maximum absolute atomic E-state index is 13.3. The number of Topliss-reactive ketones (excluding diaryl/α,β-unsaturated/α-hetero) is 1. The van der Waals surface area contributed by atoms with Crippen molar-refractivity contribution in [3.63, 3.8) is 0 Å². The molecule has 3 aromatic carbocycles. The van der Waals surface area contributed by atoms with Crippen molar-refractivity contribution in [2.75, 3.05) is 13.7 Å². The smallest absolute Gasteiger partial charge is 0.347 e. The number of esters is 2. The molecule has 0 atom stereocenters. The van der Waals surface area contributed by atoms with Gasteiger partial charge in [-0.3, -0.25) is 9.59 Å². The Kier molecular flexibility index (Phi) is 11.9.